The predicted molar refractivity (Wildman–Crippen MR) is 228 cm³/mol. The fourth-order valence-corrected chi connectivity index (χ4v) is 7.92. The maximum Gasteiger partial charge on any atom is 0.334 e. The van der Waals surface area contributed by atoms with Crippen molar-refractivity contribution in [3.63, 3.8) is 0 Å². The molecule has 2 saturated heterocycles. The zero-order valence-electron chi connectivity index (χ0n) is 34.2. The van der Waals surface area contributed by atoms with Crippen molar-refractivity contribution in [2.24, 2.45) is 7.05 Å². The zero-order chi connectivity index (χ0) is 42.3. The first-order valence-electron chi connectivity index (χ1n) is 20.0. The number of aryl methyl sites for hydroxylation is 1. The number of hydrogen-bond acceptors (Lipinski definition) is 9. The number of ether oxygens (including phenoxy) is 1. The number of phenols is 1. The highest BCUT2D eigenvalue weighted by Crippen LogP contribution is 2.32. The van der Waals surface area contributed by atoms with Crippen LogP contribution in [-0.4, -0.2) is 122 Å². The van der Waals surface area contributed by atoms with Gasteiger partial charge in [0.15, 0.2) is 0 Å². The van der Waals surface area contributed by atoms with Gasteiger partial charge in [-0.15, -0.1) is 6.58 Å². The molecule has 2 aliphatic heterocycles. The van der Waals surface area contributed by atoms with Crippen molar-refractivity contribution in [2.75, 3.05) is 52.2 Å². The van der Waals surface area contributed by atoms with E-state index >= 15 is 0 Å². The molecule has 3 aromatic carbocycles. The number of benzene rings is 3. The van der Waals surface area contributed by atoms with E-state index in [-0.39, 0.29) is 62.6 Å². The molecule has 15 heteroatoms. The van der Waals surface area contributed by atoms with Gasteiger partial charge in [-0.25, -0.2) is 19.8 Å². The van der Waals surface area contributed by atoms with Gasteiger partial charge in [0, 0.05) is 57.3 Å². The number of carbonyl (C=O) groups is 4. The molecular formula is C45H51N9O6. The van der Waals surface area contributed by atoms with Crippen molar-refractivity contribution in [1.82, 2.24) is 39.6 Å². The number of carbonyl (C=O) groups excluding carboxylic acids is 4. The van der Waals surface area contributed by atoms with E-state index in [2.05, 4.69) is 27.1 Å². The van der Waals surface area contributed by atoms with Crippen molar-refractivity contribution in [2.45, 2.75) is 38.1 Å². The molecule has 2 atom stereocenters. The van der Waals surface area contributed by atoms with Crippen LogP contribution in [0.3, 0.4) is 0 Å². The molecule has 15 nitrogen and oxygen atoms in total. The third kappa shape index (κ3) is 9.27. The molecule has 7 rings (SSSR count). The number of pyridine rings is 1. The maximum absolute atomic E-state index is 14.7. The second-order valence-electron chi connectivity index (χ2n) is 15.3. The van der Waals surface area contributed by atoms with E-state index in [0.29, 0.717) is 29.1 Å². The molecule has 0 radical (unpaired) electrons. The molecule has 0 saturated carbocycles. The molecule has 0 bridgehead atoms. The Balaban J connectivity index is 1.16. The molecule has 60 heavy (non-hydrogen) atoms. The number of aromatic hydroxyl groups is 1. The minimum absolute atomic E-state index is 0.0273. The van der Waals surface area contributed by atoms with Gasteiger partial charge < -0.3 is 39.7 Å². The lowest BCUT2D eigenvalue weighted by Gasteiger charge is -2.55. The molecular weight excluding hydrogens is 763 g/mol. The van der Waals surface area contributed by atoms with Crippen molar-refractivity contribution in [3.05, 3.63) is 132 Å². The summed E-state index contributed by atoms with van der Waals surface area (Å²) < 4.78 is 7.61. The SMILES string of the molecule is C=CCN1CC(=O)N2[C@@H](Cc3ccc(O)cc3)C(=O)N(Cc3cccc4c(C(=O)Nc5ccc(OCCCN(C)C)nc5)cn(C)c34)C[C@@H]2N1C(=O)NCc1ccccc1. The van der Waals surface area contributed by atoms with Crippen molar-refractivity contribution in [3.8, 4) is 11.6 Å². The Bertz CT molecular complexity index is 2330. The summed E-state index contributed by atoms with van der Waals surface area (Å²) in [6.07, 6.45) is 5.14. The smallest absolute Gasteiger partial charge is 0.334 e. The highest BCUT2D eigenvalue weighted by Gasteiger charge is 2.51. The van der Waals surface area contributed by atoms with E-state index in [4.69, 9.17) is 4.74 Å². The lowest BCUT2D eigenvalue weighted by Crippen LogP contribution is -2.76. The summed E-state index contributed by atoms with van der Waals surface area (Å²) in [5.41, 5.74) is 4.15. The van der Waals surface area contributed by atoms with E-state index in [1.165, 1.54) is 4.90 Å². The minimum atomic E-state index is -0.950. The van der Waals surface area contributed by atoms with Crippen molar-refractivity contribution in [1.29, 1.82) is 0 Å². The molecule has 5 amide bonds. The van der Waals surface area contributed by atoms with Gasteiger partial charge in [-0.3, -0.25) is 14.4 Å². The fraction of sp³-hybridized carbons (Fsp3) is 0.311. The Hall–Kier alpha value is -6.71. The standard InChI is InChI=1S/C45H51N9O6/c1-5-21-52-30-41(56)53-38(24-31-15-18-35(55)19-16-31)44(58)51(29-40(53)54(52)45(59)47-25-32-11-7-6-8-12-32)27-33-13-9-14-36-37(28-50(4)42(33)36)43(57)48-34-17-20-39(46-26-34)60-23-10-22-49(2)3/h5-9,11-20,26,28,38,40,55H,1,10,21-25,27,29-30H2,2-4H3,(H,47,59)(H,48,57)/t38-,40-/m0/s1. The number of hydrazine groups is 1. The van der Waals surface area contributed by atoms with Crippen molar-refractivity contribution >= 4 is 40.3 Å². The van der Waals surface area contributed by atoms with Crippen LogP contribution in [-0.2, 0) is 36.1 Å². The number of rotatable bonds is 15. The number of urea groups is 1. The fourth-order valence-electron chi connectivity index (χ4n) is 7.92. The normalized spacial score (nSPS) is 16.9. The topological polar surface area (TPSA) is 156 Å². The van der Waals surface area contributed by atoms with Crippen LogP contribution in [0.4, 0.5) is 10.5 Å². The molecule has 0 unspecified atom stereocenters. The first kappa shape index (κ1) is 41.4. The van der Waals surface area contributed by atoms with Crippen LogP contribution >= 0.6 is 0 Å². The quantitative estimate of drug-likeness (QED) is 0.102. The molecule has 3 N–H and O–H groups in total. The summed E-state index contributed by atoms with van der Waals surface area (Å²) in [5.74, 6) is -0.333. The van der Waals surface area contributed by atoms with Gasteiger partial charge in [0.2, 0.25) is 17.7 Å². The average molecular weight is 814 g/mol. The van der Waals surface area contributed by atoms with Crippen LogP contribution in [0.15, 0.2) is 110 Å². The number of amides is 5. The minimum Gasteiger partial charge on any atom is -0.508 e. The first-order chi connectivity index (χ1) is 29.0. The summed E-state index contributed by atoms with van der Waals surface area (Å²) in [6, 6.07) is 23.8. The first-order valence-corrected chi connectivity index (χ1v) is 20.0. The van der Waals surface area contributed by atoms with Crippen LogP contribution in [0.1, 0.15) is 33.5 Å². The highest BCUT2D eigenvalue weighted by molar-refractivity contribution is 6.13. The van der Waals surface area contributed by atoms with Crippen LogP contribution in [0.5, 0.6) is 11.6 Å². The average Bonchev–Trinajstić information content (AvgIpc) is 3.59. The molecule has 5 aromatic rings. The Morgan fingerprint density at radius 3 is 2.50 bits per heavy atom. The number of anilines is 1. The summed E-state index contributed by atoms with van der Waals surface area (Å²) >= 11 is 0. The lowest BCUT2D eigenvalue weighted by molar-refractivity contribution is -0.189. The van der Waals surface area contributed by atoms with Gasteiger partial charge in [-0.2, -0.15) is 0 Å². The summed E-state index contributed by atoms with van der Waals surface area (Å²) in [7, 11) is 5.87. The number of piperazine rings is 1. The number of aromatic nitrogens is 2. The zero-order valence-corrected chi connectivity index (χ0v) is 34.2. The van der Waals surface area contributed by atoms with Gasteiger partial charge >= 0.3 is 6.03 Å². The van der Waals surface area contributed by atoms with Gasteiger partial charge in [0.05, 0.1) is 42.7 Å². The number of hydrogen-bond donors (Lipinski definition) is 3. The van der Waals surface area contributed by atoms with Crippen LogP contribution in [0, 0.1) is 0 Å². The van der Waals surface area contributed by atoms with E-state index in [0.717, 1.165) is 35.2 Å². The molecule has 0 spiro atoms. The van der Waals surface area contributed by atoms with E-state index in [1.807, 2.05) is 74.2 Å². The maximum atomic E-state index is 14.7. The van der Waals surface area contributed by atoms with Gasteiger partial charge in [0.25, 0.3) is 5.91 Å². The van der Waals surface area contributed by atoms with E-state index < -0.39 is 18.2 Å². The number of nitrogens with one attached hydrogen (secondary N) is 2. The Labute approximate surface area is 349 Å². The number of para-hydroxylation sites is 1. The van der Waals surface area contributed by atoms with Crippen LogP contribution in [0.2, 0.25) is 0 Å². The molecule has 0 aliphatic carbocycles. The molecule has 2 aliphatic rings. The summed E-state index contributed by atoms with van der Waals surface area (Å²) in [6.45, 7) is 5.84. The number of fused-ring (bicyclic) bond motifs is 2. The van der Waals surface area contributed by atoms with Gasteiger partial charge in [-0.1, -0.05) is 66.7 Å². The van der Waals surface area contributed by atoms with E-state index in [1.54, 1.807) is 69.8 Å². The molecule has 4 heterocycles. The third-order valence-electron chi connectivity index (χ3n) is 10.7. The van der Waals surface area contributed by atoms with E-state index in [9.17, 15) is 24.3 Å². The Kier molecular flexibility index (Phi) is 12.8. The number of phenolic OH excluding ortho intramolecular Hbond substituents is 1. The molecule has 2 aromatic heterocycles. The number of nitrogens with zero attached hydrogens (tertiary/aromatic N) is 7. The monoisotopic (exact) mass is 813 g/mol. The lowest BCUT2D eigenvalue weighted by atomic mass is 9.98. The Morgan fingerprint density at radius 2 is 1.78 bits per heavy atom. The molecule has 2 fully saturated rings. The Morgan fingerprint density at radius 1 is 1.00 bits per heavy atom. The van der Waals surface area contributed by atoms with Crippen molar-refractivity contribution < 1.29 is 29.0 Å². The second-order valence-corrected chi connectivity index (χ2v) is 15.3. The van der Waals surface area contributed by atoms with Crippen LogP contribution in [0.25, 0.3) is 10.9 Å². The highest BCUT2D eigenvalue weighted by atomic mass is 16.5. The van der Waals surface area contributed by atoms with Gasteiger partial charge in [-0.05, 0) is 55.4 Å². The predicted octanol–water partition coefficient (Wildman–Crippen LogP) is 4.60. The summed E-state index contributed by atoms with van der Waals surface area (Å²) in [4.78, 5) is 66.4. The summed E-state index contributed by atoms with van der Waals surface area (Å²) in [5, 5.41) is 19.9. The van der Waals surface area contributed by atoms with Gasteiger partial charge in [0.1, 0.15) is 18.0 Å². The largest absolute Gasteiger partial charge is 0.508 e. The third-order valence-corrected chi connectivity index (χ3v) is 10.7. The van der Waals surface area contributed by atoms with Crippen LogP contribution < -0.4 is 15.4 Å². The second kappa shape index (κ2) is 18.5. The molecule has 312 valence electrons.